The van der Waals surface area contributed by atoms with Crippen LogP contribution in [0.1, 0.15) is 24.5 Å². The Hall–Kier alpha value is -2.40. The van der Waals surface area contributed by atoms with Gasteiger partial charge in [-0.2, -0.15) is 0 Å². The first-order chi connectivity index (χ1) is 12.6. The number of likely N-dealkylation sites (N-methyl/N-ethyl adjacent to an activating group) is 1. The molecule has 0 atom stereocenters. The fourth-order valence-electron chi connectivity index (χ4n) is 3.17. The molecule has 0 radical (unpaired) electrons. The molecule has 3 aromatic rings. The van der Waals surface area contributed by atoms with Crippen molar-refractivity contribution in [1.29, 1.82) is 0 Å². The van der Waals surface area contributed by atoms with E-state index in [-0.39, 0.29) is 24.0 Å². The molecule has 0 fully saturated rings. The number of halogens is 2. The van der Waals surface area contributed by atoms with Crippen molar-refractivity contribution >= 4 is 10.9 Å². The molecule has 0 saturated carbocycles. The molecule has 3 nitrogen and oxygen atoms in total. The summed E-state index contributed by atoms with van der Waals surface area (Å²) in [6, 6.07) is 9.33. The number of fused-ring (bicyclic) bond motifs is 1. The number of aromatic nitrogens is 1. The Labute approximate surface area is 152 Å². The molecular formula is C21H24F2N2O. The molecule has 5 heteroatoms. The summed E-state index contributed by atoms with van der Waals surface area (Å²) >= 11 is 0. The molecule has 0 aliphatic carbocycles. The average Bonchev–Trinajstić information content (AvgIpc) is 2.98. The van der Waals surface area contributed by atoms with E-state index < -0.39 is 0 Å². The predicted octanol–water partition coefficient (Wildman–Crippen LogP) is 4.67. The number of nitrogens with zero attached hydrogens (tertiary/aromatic N) is 1. The summed E-state index contributed by atoms with van der Waals surface area (Å²) in [5, 5.41) is 3.97. The maximum Gasteiger partial charge on any atom is 0.165 e. The van der Waals surface area contributed by atoms with Crippen LogP contribution < -0.4 is 10.1 Å². The normalized spacial score (nSPS) is 11.2. The summed E-state index contributed by atoms with van der Waals surface area (Å²) in [6.45, 7) is 3.99. The fourth-order valence-corrected chi connectivity index (χ4v) is 3.17. The zero-order valence-electron chi connectivity index (χ0n) is 15.2. The van der Waals surface area contributed by atoms with E-state index in [2.05, 4.69) is 23.0 Å². The molecular weight excluding hydrogens is 334 g/mol. The third-order valence-electron chi connectivity index (χ3n) is 4.44. The van der Waals surface area contributed by atoms with Crippen LogP contribution in [0.4, 0.5) is 8.78 Å². The largest absolute Gasteiger partial charge is 0.485 e. The Balaban J connectivity index is 1.98. The van der Waals surface area contributed by atoms with Gasteiger partial charge in [0.1, 0.15) is 12.4 Å². The Morgan fingerprint density at radius 1 is 1.08 bits per heavy atom. The van der Waals surface area contributed by atoms with Gasteiger partial charge in [-0.25, -0.2) is 8.78 Å². The van der Waals surface area contributed by atoms with E-state index in [9.17, 15) is 8.78 Å². The maximum atomic E-state index is 14.6. The van der Waals surface area contributed by atoms with E-state index in [0.717, 1.165) is 48.0 Å². The van der Waals surface area contributed by atoms with Gasteiger partial charge in [0.25, 0.3) is 0 Å². The first-order valence-corrected chi connectivity index (χ1v) is 8.96. The van der Waals surface area contributed by atoms with E-state index in [1.54, 1.807) is 12.1 Å². The molecule has 2 aromatic carbocycles. The van der Waals surface area contributed by atoms with E-state index in [4.69, 9.17) is 4.74 Å². The summed E-state index contributed by atoms with van der Waals surface area (Å²) < 4.78 is 35.6. The van der Waals surface area contributed by atoms with Gasteiger partial charge in [-0.1, -0.05) is 19.1 Å². The van der Waals surface area contributed by atoms with Gasteiger partial charge in [-0.3, -0.25) is 0 Å². The van der Waals surface area contributed by atoms with Gasteiger partial charge in [-0.05, 0) is 61.8 Å². The van der Waals surface area contributed by atoms with Crippen LogP contribution in [0, 0.1) is 11.6 Å². The first kappa shape index (κ1) is 18.4. The second-order valence-electron chi connectivity index (χ2n) is 6.39. The molecule has 1 N–H and O–H groups in total. The van der Waals surface area contributed by atoms with Crippen LogP contribution in [0.2, 0.25) is 0 Å². The topological polar surface area (TPSA) is 26.2 Å². The number of rotatable bonds is 8. The lowest BCUT2D eigenvalue weighted by molar-refractivity contribution is 0.294. The lowest BCUT2D eigenvalue weighted by atomic mass is 10.1. The standard InChI is InChI=1S/C21H24F2N2O/c1-3-12-25-13-16(10-11-24-2)20-19(25)9-8-18(23)21(20)26-14-15-4-6-17(22)7-5-15/h4-9,13,24H,3,10-12,14H2,1-2H3. The highest BCUT2D eigenvalue weighted by molar-refractivity contribution is 5.90. The Kier molecular flexibility index (Phi) is 5.89. The molecule has 0 spiro atoms. The van der Waals surface area contributed by atoms with Crippen molar-refractivity contribution in [2.75, 3.05) is 13.6 Å². The molecule has 138 valence electrons. The highest BCUT2D eigenvalue weighted by atomic mass is 19.1. The molecule has 0 aliphatic rings. The molecule has 1 aromatic heterocycles. The van der Waals surface area contributed by atoms with E-state index >= 15 is 0 Å². The van der Waals surface area contributed by atoms with Crippen molar-refractivity contribution in [3.63, 3.8) is 0 Å². The van der Waals surface area contributed by atoms with Crippen molar-refractivity contribution in [2.45, 2.75) is 32.9 Å². The van der Waals surface area contributed by atoms with Crippen molar-refractivity contribution in [1.82, 2.24) is 9.88 Å². The number of nitrogens with one attached hydrogen (secondary N) is 1. The van der Waals surface area contributed by atoms with Crippen molar-refractivity contribution in [3.8, 4) is 5.75 Å². The van der Waals surface area contributed by atoms with Gasteiger partial charge in [0.05, 0.1) is 5.52 Å². The van der Waals surface area contributed by atoms with Crippen molar-refractivity contribution < 1.29 is 13.5 Å². The number of hydrogen-bond acceptors (Lipinski definition) is 2. The van der Waals surface area contributed by atoms with Crippen LogP contribution in [0.5, 0.6) is 5.75 Å². The molecule has 0 bridgehead atoms. The number of benzene rings is 2. The first-order valence-electron chi connectivity index (χ1n) is 8.96. The fraction of sp³-hybridized carbons (Fsp3) is 0.333. The van der Waals surface area contributed by atoms with Gasteiger partial charge >= 0.3 is 0 Å². The zero-order chi connectivity index (χ0) is 18.5. The van der Waals surface area contributed by atoms with E-state index in [1.807, 2.05) is 13.1 Å². The SMILES string of the molecule is CCCn1cc(CCNC)c2c(OCc3ccc(F)cc3)c(F)ccc21. The monoisotopic (exact) mass is 358 g/mol. The van der Waals surface area contributed by atoms with Crippen molar-refractivity contribution in [3.05, 3.63) is 65.4 Å². The summed E-state index contributed by atoms with van der Waals surface area (Å²) in [6.07, 6.45) is 3.88. The maximum absolute atomic E-state index is 14.6. The number of ether oxygens (including phenoxy) is 1. The Bertz CT molecular complexity index is 872. The van der Waals surface area contributed by atoms with Gasteiger partial charge in [0.15, 0.2) is 11.6 Å². The third kappa shape index (κ3) is 3.88. The minimum Gasteiger partial charge on any atom is -0.485 e. The van der Waals surface area contributed by atoms with Gasteiger partial charge in [0, 0.05) is 18.1 Å². The summed E-state index contributed by atoms with van der Waals surface area (Å²) in [5.74, 6) is -0.402. The molecule has 0 unspecified atom stereocenters. The van der Waals surface area contributed by atoms with Gasteiger partial charge in [0.2, 0.25) is 0 Å². The predicted molar refractivity (Wildman–Crippen MR) is 101 cm³/mol. The average molecular weight is 358 g/mol. The minimum absolute atomic E-state index is 0.195. The summed E-state index contributed by atoms with van der Waals surface area (Å²) in [7, 11) is 1.90. The lowest BCUT2D eigenvalue weighted by Gasteiger charge is -2.11. The lowest BCUT2D eigenvalue weighted by Crippen LogP contribution is -2.10. The van der Waals surface area contributed by atoms with Crippen molar-refractivity contribution in [2.24, 2.45) is 0 Å². The zero-order valence-corrected chi connectivity index (χ0v) is 15.2. The van der Waals surface area contributed by atoms with E-state index in [0.29, 0.717) is 0 Å². The molecule has 3 rings (SSSR count). The molecule has 26 heavy (non-hydrogen) atoms. The minimum atomic E-state index is -0.375. The number of hydrogen-bond donors (Lipinski definition) is 1. The van der Waals surface area contributed by atoms with E-state index in [1.165, 1.54) is 18.2 Å². The third-order valence-corrected chi connectivity index (χ3v) is 4.44. The van der Waals surface area contributed by atoms with Crippen LogP contribution in [0.15, 0.2) is 42.6 Å². The van der Waals surface area contributed by atoms with Crippen LogP contribution in [-0.2, 0) is 19.6 Å². The molecule has 0 aliphatic heterocycles. The molecule has 1 heterocycles. The number of aryl methyl sites for hydroxylation is 1. The van der Waals surface area contributed by atoms with Crippen LogP contribution >= 0.6 is 0 Å². The van der Waals surface area contributed by atoms with Crippen LogP contribution in [0.25, 0.3) is 10.9 Å². The highest BCUT2D eigenvalue weighted by Gasteiger charge is 2.17. The summed E-state index contributed by atoms with van der Waals surface area (Å²) in [4.78, 5) is 0. The second-order valence-corrected chi connectivity index (χ2v) is 6.39. The Morgan fingerprint density at radius 3 is 2.54 bits per heavy atom. The van der Waals surface area contributed by atoms with Gasteiger partial charge in [-0.15, -0.1) is 0 Å². The molecule has 0 saturated heterocycles. The quantitative estimate of drug-likeness (QED) is 0.633. The Morgan fingerprint density at radius 2 is 1.85 bits per heavy atom. The van der Waals surface area contributed by atoms with Crippen LogP contribution in [-0.4, -0.2) is 18.2 Å². The molecule has 0 amide bonds. The smallest absolute Gasteiger partial charge is 0.165 e. The summed E-state index contributed by atoms with van der Waals surface area (Å²) in [5.41, 5.74) is 2.84. The van der Waals surface area contributed by atoms with Gasteiger partial charge < -0.3 is 14.6 Å². The second kappa shape index (κ2) is 8.32. The highest BCUT2D eigenvalue weighted by Crippen LogP contribution is 2.34. The van der Waals surface area contributed by atoms with Crippen LogP contribution in [0.3, 0.4) is 0 Å².